The van der Waals surface area contributed by atoms with Gasteiger partial charge in [0.1, 0.15) is 17.3 Å². The number of fused-ring (bicyclic) bond motifs is 1. The summed E-state index contributed by atoms with van der Waals surface area (Å²) < 4.78 is 10.9. The molecule has 0 saturated carbocycles. The molecule has 1 aliphatic rings. The number of para-hydroxylation sites is 1. The number of nitro groups is 1. The van der Waals surface area contributed by atoms with Crippen molar-refractivity contribution in [3.05, 3.63) is 82.1 Å². The first-order valence-corrected chi connectivity index (χ1v) is 8.64. The number of hydrogen-bond donors (Lipinski definition) is 1. The van der Waals surface area contributed by atoms with Gasteiger partial charge in [-0.05, 0) is 48.6 Å². The molecule has 3 aromatic rings. The minimum atomic E-state index is -0.477. The van der Waals surface area contributed by atoms with E-state index in [1.54, 1.807) is 48.5 Å². The fraction of sp³-hybridized carbons (Fsp3) is 0.0476. The number of furan rings is 1. The Morgan fingerprint density at radius 2 is 1.97 bits per heavy atom. The van der Waals surface area contributed by atoms with Crippen molar-refractivity contribution >= 4 is 29.1 Å². The number of nitrogens with zero attached hydrogens (tertiary/aromatic N) is 1. The molecule has 8 nitrogen and oxygen atoms in total. The molecule has 1 amide bonds. The van der Waals surface area contributed by atoms with Crippen LogP contribution in [-0.4, -0.2) is 23.2 Å². The standard InChI is InChI=1S/C21H14N2O6/c24-18(13-5-9-20-16(11-13)22-21(25)12-28-20)8-6-14-7-10-19(29-14)15-3-1-2-4-17(15)23(26)27/h1-11H,12H2,(H,22,25)/b8-6+. The number of rotatable bonds is 5. The van der Waals surface area contributed by atoms with E-state index in [0.717, 1.165) is 0 Å². The zero-order chi connectivity index (χ0) is 20.4. The number of allylic oxidation sites excluding steroid dienone is 1. The zero-order valence-electron chi connectivity index (χ0n) is 15.0. The van der Waals surface area contributed by atoms with Crippen molar-refractivity contribution in [2.75, 3.05) is 11.9 Å². The van der Waals surface area contributed by atoms with E-state index < -0.39 is 4.92 Å². The smallest absolute Gasteiger partial charge is 0.280 e. The summed E-state index contributed by atoms with van der Waals surface area (Å²) >= 11 is 0. The monoisotopic (exact) mass is 390 g/mol. The molecule has 0 fully saturated rings. The van der Waals surface area contributed by atoms with Crippen LogP contribution in [0.5, 0.6) is 5.75 Å². The largest absolute Gasteiger partial charge is 0.482 e. The topological polar surface area (TPSA) is 112 Å². The first-order valence-electron chi connectivity index (χ1n) is 8.64. The Labute approximate surface area is 164 Å². The van der Waals surface area contributed by atoms with Gasteiger partial charge in [0.05, 0.1) is 16.2 Å². The fourth-order valence-corrected chi connectivity index (χ4v) is 2.92. The van der Waals surface area contributed by atoms with Gasteiger partial charge in [-0.1, -0.05) is 12.1 Å². The molecule has 0 radical (unpaired) electrons. The first kappa shape index (κ1) is 18.2. The Morgan fingerprint density at radius 3 is 2.79 bits per heavy atom. The molecule has 8 heteroatoms. The third-order valence-electron chi connectivity index (χ3n) is 4.29. The molecule has 0 spiro atoms. The lowest BCUT2D eigenvalue weighted by molar-refractivity contribution is -0.384. The molecule has 1 N–H and O–H groups in total. The van der Waals surface area contributed by atoms with E-state index in [9.17, 15) is 19.7 Å². The Bertz CT molecular complexity index is 1160. The van der Waals surface area contributed by atoms with Crippen LogP contribution < -0.4 is 10.1 Å². The number of benzene rings is 2. The minimum Gasteiger partial charge on any atom is -0.482 e. The summed E-state index contributed by atoms with van der Waals surface area (Å²) in [5.74, 6) is 0.636. The number of carbonyl (C=O) groups is 2. The lowest BCUT2D eigenvalue weighted by Crippen LogP contribution is -2.25. The van der Waals surface area contributed by atoms with Gasteiger partial charge in [-0.15, -0.1) is 0 Å². The second-order valence-electron chi connectivity index (χ2n) is 6.22. The molecule has 144 valence electrons. The number of nitrogens with one attached hydrogen (secondary N) is 1. The number of ketones is 1. The maximum atomic E-state index is 12.4. The summed E-state index contributed by atoms with van der Waals surface area (Å²) in [5.41, 5.74) is 1.11. The summed E-state index contributed by atoms with van der Waals surface area (Å²) in [7, 11) is 0. The van der Waals surface area contributed by atoms with Gasteiger partial charge in [0, 0.05) is 11.6 Å². The van der Waals surface area contributed by atoms with E-state index in [2.05, 4.69) is 5.32 Å². The van der Waals surface area contributed by atoms with E-state index in [4.69, 9.17) is 9.15 Å². The van der Waals surface area contributed by atoms with Crippen LogP contribution in [0.15, 0.2) is 65.1 Å². The lowest BCUT2D eigenvalue weighted by atomic mass is 10.1. The van der Waals surface area contributed by atoms with Gasteiger partial charge in [0.15, 0.2) is 12.4 Å². The predicted molar refractivity (Wildman–Crippen MR) is 105 cm³/mol. The highest BCUT2D eigenvalue weighted by molar-refractivity contribution is 6.08. The van der Waals surface area contributed by atoms with Gasteiger partial charge >= 0.3 is 0 Å². The van der Waals surface area contributed by atoms with Crippen LogP contribution in [0.2, 0.25) is 0 Å². The van der Waals surface area contributed by atoms with Crippen molar-refractivity contribution in [1.29, 1.82) is 0 Å². The SMILES string of the molecule is O=C1COc2ccc(C(=O)/C=C/c3ccc(-c4ccccc4[N+](=O)[O-])o3)cc2N1. The maximum Gasteiger partial charge on any atom is 0.280 e. The van der Waals surface area contributed by atoms with Crippen LogP contribution >= 0.6 is 0 Å². The summed E-state index contributed by atoms with van der Waals surface area (Å²) in [6.07, 6.45) is 2.81. The quantitative estimate of drug-likeness (QED) is 0.304. The molecule has 0 aliphatic carbocycles. The van der Waals surface area contributed by atoms with Crippen molar-refractivity contribution in [3.63, 3.8) is 0 Å². The van der Waals surface area contributed by atoms with Crippen LogP contribution in [0.3, 0.4) is 0 Å². The number of ether oxygens (including phenoxy) is 1. The van der Waals surface area contributed by atoms with Crippen LogP contribution in [-0.2, 0) is 4.79 Å². The third kappa shape index (κ3) is 3.77. The molecule has 1 aromatic heterocycles. The van der Waals surface area contributed by atoms with Crippen LogP contribution in [0.25, 0.3) is 17.4 Å². The van der Waals surface area contributed by atoms with Crippen molar-refractivity contribution in [2.24, 2.45) is 0 Å². The molecular formula is C21H14N2O6. The number of nitro benzene ring substituents is 1. The van der Waals surface area contributed by atoms with Gasteiger partial charge in [-0.25, -0.2) is 0 Å². The number of amides is 1. The predicted octanol–water partition coefficient (Wildman–Crippen LogP) is 4.08. The average Bonchev–Trinajstić information content (AvgIpc) is 3.20. The Hall–Kier alpha value is -4.20. The van der Waals surface area contributed by atoms with Crippen molar-refractivity contribution < 1.29 is 23.7 Å². The first-order chi connectivity index (χ1) is 14.0. The number of carbonyl (C=O) groups excluding carboxylic acids is 2. The van der Waals surface area contributed by atoms with E-state index in [-0.39, 0.29) is 24.0 Å². The highest BCUT2D eigenvalue weighted by atomic mass is 16.6. The average molecular weight is 390 g/mol. The van der Waals surface area contributed by atoms with E-state index >= 15 is 0 Å². The van der Waals surface area contributed by atoms with Gasteiger partial charge in [-0.2, -0.15) is 0 Å². The summed E-state index contributed by atoms with van der Waals surface area (Å²) in [4.78, 5) is 34.5. The molecule has 0 saturated heterocycles. The summed E-state index contributed by atoms with van der Waals surface area (Å²) in [5, 5.41) is 13.8. The van der Waals surface area contributed by atoms with Gasteiger partial charge in [0.2, 0.25) is 0 Å². The molecule has 1 aliphatic heterocycles. The van der Waals surface area contributed by atoms with E-state index in [0.29, 0.717) is 34.1 Å². The Morgan fingerprint density at radius 1 is 1.14 bits per heavy atom. The van der Waals surface area contributed by atoms with Crippen molar-refractivity contribution in [3.8, 4) is 17.1 Å². The third-order valence-corrected chi connectivity index (χ3v) is 4.29. The molecular weight excluding hydrogens is 376 g/mol. The Balaban J connectivity index is 1.54. The molecule has 4 rings (SSSR count). The normalized spacial score (nSPS) is 12.9. The maximum absolute atomic E-state index is 12.4. The van der Waals surface area contributed by atoms with Gasteiger partial charge in [0.25, 0.3) is 11.6 Å². The van der Waals surface area contributed by atoms with Crippen LogP contribution in [0.1, 0.15) is 16.1 Å². The van der Waals surface area contributed by atoms with Crippen LogP contribution in [0, 0.1) is 10.1 Å². The second kappa shape index (κ2) is 7.43. The molecule has 0 unspecified atom stereocenters. The summed E-state index contributed by atoms with van der Waals surface area (Å²) in [6, 6.07) is 14.3. The van der Waals surface area contributed by atoms with E-state index in [1.165, 1.54) is 18.2 Å². The van der Waals surface area contributed by atoms with Gasteiger partial charge < -0.3 is 14.5 Å². The highest BCUT2D eigenvalue weighted by Gasteiger charge is 2.18. The van der Waals surface area contributed by atoms with Crippen molar-refractivity contribution in [2.45, 2.75) is 0 Å². The van der Waals surface area contributed by atoms with E-state index in [1.807, 2.05) is 0 Å². The minimum absolute atomic E-state index is 0.0550. The number of anilines is 1. The summed E-state index contributed by atoms with van der Waals surface area (Å²) in [6.45, 7) is -0.0550. The highest BCUT2D eigenvalue weighted by Crippen LogP contribution is 2.31. The van der Waals surface area contributed by atoms with Gasteiger partial charge in [-0.3, -0.25) is 19.7 Å². The molecule has 0 atom stereocenters. The Kier molecular flexibility index (Phi) is 4.66. The molecule has 2 aromatic carbocycles. The molecule has 0 bridgehead atoms. The zero-order valence-corrected chi connectivity index (χ0v) is 15.0. The lowest BCUT2D eigenvalue weighted by Gasteiger charge is -2.17. The second-order valence-corrected chi connectivity index (χ2v) is 6.22. The number of hydrogen-bond acceptors (Lipinski definition) is 6. The fourth-order valence-electron chi connectivity index (χ4n) is 2.92. The molecule has 29 heavy (non-hydrogen) atoms. The van der Waals surface area contributed by atoms with Crippen molar-refractivity contribution in [1.82, 2.24) is 0 Å². The molecule has 2 heterocycles. The van der Waals surface area contributed by atoms with Crippen LogP contribution in [0.4, 0.5) is 11.4 Å².